The number of hydrogen-bond acceptors (Lipinski definition) is 3. The van der Waals surface area contributed by atoms with E-state index < -0.39 is 0 Å². The molecule has 2 heterocycles. The van der Waals surface area contributed by atoms with Crippen molar-refractivity contribution in [1.82, 2.24) is 10.3 Å². The quantitative estimate of drug-likeness (QED) is 0.777. The predicted molar refractivity (Wildman–Crippen MR) is 62.9 cm³/mol. The summed E-state index contributed by atoms with van der Waals surface area (Å²) in [4.78, 5) is 4.47. The number of hydrogen-bond donors (Lipinski definition) is 2. The topological polar surface area (TPSA) is 37.0 Å². The fourth-order valence-corrected chi connectivity index (χ4v) is 2.01. The number of aromatic nitrogens is 1. The Morgan fingerprint density at radius 1 is 1.40 bits per heavy atom. The van der Waals surface area contributed by atoms with Gasteiger partial charge in [-0.05, 0) is 37.4 Å². The zero-order valence-electron chi connectivity index (χ0n) is 9.46. The van der Waals surface area contributed by atoms with Crippen molar-refractivity contribution in [2.45, 2.75) is 25.8 Å². The molecule has 1 fully saturated rings. The smallest absolute Gasteiger partial charge is 0.0574 e. The molecule has 1 saturated heterocycles. The first-order chi connectivity index (χ1) is 7.29. The minimum atomic E-state index is 0.451. The summed E-state index contributed by atoms with van der Waals surface area (Å²) in [6.07, 6.45) is 4.40. The maximum Gasteiger partial charge on any atom is 0.0574 e. The molecule has 2 rings (SSSR count). The third kappa shape index (κ3) is 2.48. The molecule has 1 aromatic heterocycles. The maximum atomic E-state index is 4.47. The van der Waals surface area contributed by atoms with E-state index in [1.54, 1.807) is 0 Å². The highest BCUT2D eigenvalue weighted by atomic mass is 15.0. The standard InChI is InChI=1S/C12H19N3/c1-9-3-5-11(14-7-9)12-6-4-10(13-2)8-15-12/h4,6,8-9,11,13-14H,3,5,7H2,1-2H3/t9-,11+/m1/s1. The van der Waals surface area contributed by atoms with Crippen LogP contribution in [0.4, 0.5) is 5.69 Å². The molecule has 1 aromatic rings. The minimum Gasteiger partial charge on any atom is -0.387 e. The van der Waals surface area contributed by atoms with Crippen LogP contribution >= 0.6 is 0 Å². The van der Waals surface area contributed by atoms with E-state index in [-0.39, 0.29) is 0 Å². The Morgan fingerprint density at radius 2 is 2.27 bits per heavy atom. The van der Waals surface area contributed by atoms with E-state index in [2.05, 4.69) is 34.7 Å². The Hall–Kier alpha value is -1.09. The SMILES string of the molecule is CNc1ccc([C@@H]2CC[C@@H](C)CN2)nc1. The fraction of sp³-hybridized carbons (Fsp3) is 0.583. The normalized spacial score (nSPS) is 26.3. The summed E-state index contributed by atoms with van der Waals surface area (Å²) in [5.74, 6) is 0.804. The second-order valence-corrected chi connectivity index (χ2v) is 4.37. The van der Waals surface area contributed by atoms with Crippen molar-refractivity contribution in [3.63, 3.8) is 0 Å². The van der Waals surface area contributed by atoms with Gasteiger partial charge in [0.25, 0.3) is 0 Å². The zero-order chi connectivity index (χ0) is 10.7. The Morgan fingerprint density at radius 3 is 2.80 bits per heavy atom. The summed E-state index contributed by atoms with van der Waals surface area (Å²) in [7, 11) is 1.91. The molecule has 2 N–H and O–H groups in total. The molecule has 0 bridgehead atoms. The van der Waals surface area contributed by atoms with Crippen molar-refractivity contribution in [2.24, 2.45) is 5.92 Å². The van der Waals surface area contributed by atoms with Gasteiger partial charge in [0, 0.05) is 13.1 Å². The predicted octanol–water partition coefficient (Wildman–Crippen LogP) is 2.18. The molecule has 0 aromatic carbocycles. The zero-order valence-corrected chi connectivity index (χ0v) is 9.46. The molecule has 0 aliphatic carbocycles. The lowest BCUT2D eigenvalue weighted by Crippen LogP contribution is -2.32. The molecule has 3 nitrogen and oxygen atoms in total. The van der Waals surface area contributed by atoms with E-state index in [4.69, 9.17) is 0 Å². The van der Waals surface area contributed by atoms with Gasteiger partial charge in [0.2, 0.25) is 0 Å². The molecule has 82 valence electrons. The Bertz CT molecular complexity index is 299. The van der Waals surface area contributed by atoms with Crippen LogP contribution in [0.3, 0.4) is 0 Å². The first-order valence-electron chi connectivity index (χ1n) is 5.66. The van der Waals surface area contributed by atoms with Crippen molar-refractivity contribution < 1.29 is 0 Å². The fourth-order valence-electron chi connectivity index (χ4n) is 2.01. The number of nitrogens with one attached hydrogen (secondary N) is 2. The van der Waals surface area contributed by atoms with Crippen LogP contribution in [-0.4, -0.2) is 18.6 Å². The van der Waals surface area contributed by atoms with E-state index in [1.165, 1.54) is 18.5 Å². The number of anilines is 1. The lowest BCUT2D eigenvalue weighted by Gasteiger charge is -2.27. The van der Waals surface area contributed by atoms with Gasteiger partial charge in [-0.3, -0.25) is 4.98 Å². The molecule has 1 aliphatic rings. The second-order valence-electron chi connectivity index (χ2n) is 4.37. The minimum absolute atomic E-state index is 0.451. The lowest BCUT2D eigenvalue weighted by atomic mass is 9.94. The molecule has 0 spiro atoms. The van der Waals surface area contributed by atoms with Gasteiger partial charge in [0.15, 0.2) is 0 Å². The molecule has 2 atom stereocenters. The molecule has 0 unspecified atom stereocenters. The van der Waals surface area contributed by atoms with Gasteiger partial charge in [-0.25, -0.2) is 0 Å². The molecular weight excluding hydrogens is 186 g/mol. The van der Waals surface area contributed by atoms with Crippen LogP contribution in [0, 0.1) is 5.92 Å². The van der Waals surface area contributed by atoms with Crippen LogP contribution in [0.1, 0.15) is 31.5 Å². The molecule has 0 saturated carbocycles. The number of pyridine rings is 1. The molecule has 15 heavy (non-hydrogen) atoms. The monoisotopic (exact) mass is 205 g/mol. The highest BCUT2D eigenvalue weighted by molar-refractivity contribution is 5.40. The van der Waals surface area contributed by atoms with E-state index >= 15 is 0 Å². The van der Waals surface area contributed by atoms with Crippen LogP contribution in [0.15, 0.2) is 18.3 Å². The Labute approximate surface area is 91.3 Å². The van der Waals surface area contributed by atoms with Crippen molar-refractivity contribution in [1.29, 1.82) is 0 Å². The average molecular weight is 205 g/mol. The second kappa shape index (κ2) is 4.62. The van der Waals surface area contributed by atoms with E-state index in [1.807, 2.05) is 13.2 Å². The van der Waals surface area contributed by atoms with Crippen LogP contribution in [0.2, 0.25) is 0 Å². The van der Waals surface area contributed by atoms with Crippen molar-refractivity contribution in [3.05, 3.63) is 24.0 Å². The molecule has 1 aliphatic heterocycles. The van der Waals surface area contributed by atoms with Crippen molar-refractivity contribution >= 4 is 5.69 Å². The largest absolute Gasteiger partial charge is 0.387 e. The number of rotatable bonds is 2. The molecule has 0 radical (unpaired) electrons. The molecule has 3 heteroatoms. The Kier molecular flexibility index (Phi) is 3.21. The third-order valence-electron chi connectivity index (χ3n) is 3.09. The summed E-state index contributed by atoms with van der Waals surface area (Å²) in [5.41, 5.74) is 2.24. The van der Waals surface area contributed by atoms with Gasteiger partial charge < -0.3 is 10.6 Å². The van der Waals surface area contributed by atoms with Crippen molar-refractivity contribution in [3.8, 4) is 0 Å². The van der Waals surface area contributed by atoms with Crippen LogP contribution in [0.25, 0.3) is 0 Å². The first-order valence-corrected chi connectivity index (χ1v) is 5.66. The summed E-state index contributed by atoms with van der Waals surface area (Å²) < 4.78 is 0. The van der Waals surface area contributed by atoms with E-state index in [9.17, 15) is 0 Å². The lowest BCUT2D eigenvalue weighted by molar-refractivity contribution is 0.328. The van der Waals surface area contributed by atoms with Gasteiger partial charge in [0.05, 0.1) is 17.6 Å². The number of nitrogens with zero attached hydrogens (tertiary/aromatic N) is 1. The first kappa shape index (κ1) is 10.4. The highest BCUT2D eigenvalue weighted by Crippen LogP contribution is 2.24. The van der Waals surface area contributed by atoms with Gasteiger partial charge in [-0.15, -0.1) is 0 Å². The summed E-state index contributed by atoms with van der Waals surface area (Å²) in [6.45, 7) is 3.40. The van der Waals surface area contributed by atoms with Crippen LogP contribution in [0.5, 0.6) is 0 Å². The number of piperidine rings is 1. The highest BCUT2D eigenvalue weighted by Gasteiger charge is 2.19. The van der Waals surface area contributed by atoms with E-state index in [0.717, 1.165) is 18.2 Å². The molecule has 0 amide bonds. The van der Waals surface area contributed by atoms with Gasteiger partial charge in [-0.1, -0.05) is 6.92 Å². The van der Waals surface area contributed by atoms with Gasteiger partial charge in [-0.2, -0.15) is 0 Å². The third-order valence-corrected chi connectivity index (χ3v) is 3.09. The van der Waals surface area contributed by atoms with Gasteiger partial charge in [0.1, 0.15) is 0 Å². The summed E-state index contributed by atoms with van der Waals surface area (Å²) in [6, 6.07) is 4.65. The Balaban J connectivity index is 2.03. The average Bonchev–Trinajstić information content (AvgIpc) is 2.30. The van der Waals surface area contributed by atoms with Crippen LogP contribution < -0.4 is 10.6 Å². The van der Waals surface area contributed by atoms with Gasteiger partial charge >= 0.3 is 0 Å². The van der Waals surface area contributed by atoms with Crippen LogP contribution in [-0.2, 0) is 0 Å². The summed E-state index contributed by atoms with van der Waals surface area (Å²) >= 11 is 0. The molecular formula is C12H19N3. The summed E-state index contributed by atoms with van der Waals surface area (Å²) in [5, 5.41) is 6.62. The van der Waals surface area contributed by atoms with Crippen molar-refractivity contribution in [2.75, 3.05) is 18.9 Å². The maximum absolute atomic E-state index is 4.47. The van der Waals surface area contributed by atoms with E-state index in [0.29, 0.717) is 6.04 Å².